The Hall–Kier alpha value is -0.850. The molecule has 0 radical (unpaired) electrons. The molecule has 12 heavy (non-hydrogen) atoms. The molecule has 0 spiro atoms. The van der Waals surface area contributed by atoms with Crippen molar-refractivity contribution in [3.8, 4) is 0 Å². The molecule has 0 fully saturated rings. The van der Waals surface area contributed by atoms with E-state index in [0.717, 1.165) is 6.42 Å². The molecule has 0 amide bonds. The zero-order valence-corrected chi connectivity index (χ0v) is 8.48. The molecule has 0 N–H and O–H groups in total. The number of ketones is 1. The molecule has 0 heterocycles. The van der Waals surface area contributed by atoms with E-state index in [2.05, 4.69) is 32.9 Å². The lowest BCUT2D eigenvalue weighted by atomic mass is 10.1. The predicted molar refractivity (Wildman–Crippen MR) is 53.1 cm³/mol. The van der Waals surface area contributed by atoms with Gasteiger partial charge in [-0.25, -0.2) is 0 Å². The van der Waals surface area contributed by atoms with Crippen LogP contribution < -0.4 is 0 Å². The molecule has 0 aromatic carbocycles. The van der Waals surface area contributed by atoms with Gasteiger partial charge in [-0.05, 0) is 34.1 Å². The maximum absolute atomic E-state index is 10.6. The lowest BCUT2D eigenvalue weighted by Gasteiger charge is -1.94. The number of allylic oxidation sites excluding steroid dienone is 4. The SMILES string of the molecule is CC(=O)CC/C=C(\C)C=C(C)C. The van der Waals surface area contributed by atoms with Gasteiger partial charge >= 0.3 is 0 Å². The van der Waals surface area contributed by atoms with Gasteiger partial charge in [-0.1, -0.05) is 23.3 Å². The molecular formula is C11H18O. The van der Waals surface area contributed by atoms with Gasteiger partial charge in [-0.15, -0.1) is 0 Å². The van der Waals surface area contributed by atoms with Crippen LogP contribution >= 0.6 is 0 Å². The largest absolute Gasteiger partial charge is 0.300 e. The topological polar surface area (TPSA) is 17.1 Å². The van der Waals surface area contributed by atoms with E-state index in [9.17, 15) is 4.79 Å². The first kappa shape index (κ1) is 11.2. The number of hydrogen-bond acceptors (Lipinski definition) is 1. The smallest absolute Gasteiger partial charge is 0.130 e. The highest BCUT2D eigenvalue weighted by atomic mass is 16.1. The molecule has 0 saturated heterocycles. The average Bonchev–Trinajstić information content (AvgIpc) is 1.84. The van der Waals surface area contributed by atoms with Crippen LogP contribution in [0.3, 0.4) is 0 Å². The molecule has 0 rings (SSSR count). The van der Waals surface area contributed by atoms with Crippen molar-refractivity contribution in [2.24, 2.45) is 0 Å². The van der Waals surface area contributed by atoms with Crippen molar-refractivity contribution in [3.05, 3.63) is 23.3 Å². The van der Waals surface area contributed by atoms with Gasteiger partial charge < -0.3 is 4.79 Å². The Bertz CT molecular complexity index is 205. The van der Waals surface area contributed by atoms with Crippen LogP contribution in [-0.4, -0.2) is 5.78 Å². The fraction of sp³-hybridized carbons (Fsp3) is 0.545. The Kier molecular flexibility index (Phi) is 5.35. The molecule has 68 valence electrons. The highest BCUT2D eigenvalue weighted by Crippen LogP contribution is 2.03. The second kappa shape index (κ2) is 5.76. The summed E-state index contributed by atoms with van der Waals surface area (Å²) in [5, 5.41) is 0. The Labute approximate surface area is 75.2 Å². The second-order valence-corrected chi connectivity index (χ2v) is 3.41. The molecule has 0 aromatic heterocycles. The van der Waals surface area contributed by atoms with Gasteiger partial charge in [0.25, 0.3) is 0 Å². The second-order valence-electron chi connectivity index (χ2n) is 3.41. The first-order chi connectivity index (χ1) is 5.52. The highest BCUT2D eigenvalue weighted by molar-refractivity contribution is 5.75. The quantitative estimate of drug-likeness (QED) is 0.586. The van der Waals surface area contributed by atoms with Gasteiger partial charge in [-0.2, -0.15) is 0 Å². The van der Waals surface area contributed by atoms with E-state index in [1.54, 1.807) is 6.92 Å². The molecule has 0 aliphatic heterocycles. The van der Waals surface area contributed by atoms with Crippen molar-refractivity contribution in [1.82, 2.24) is 0 Å². The van der Waals surface area contributed by atoms with Crippen LogP contribution in [-0.2, 0) is 4.79 Å². The minimum absolute atomic E-state index is 0.260. The van der Waals surface area contributed by atoms with E-state index < -0.39 is 0 Å². The first-order valence-electron chi connectivity index (χ1n) is 4.33. The van der Waals surface area contributed by atoms with Gasteiger partial charge in [0.2, 0.25) is 0 Å². The molecular weight excluding hydrogens is 148 g/mol. The van der Waals surface area contributed by atoms with Gasteiger partial charge in [0.05, 0.1) is 0 Å². The van der Waals surface area contributed by atoms with Crippen molar-refractivity contribution < 1.29 is 4.79 Å². The van der Waals surface area contributed by atoms with Gasteiger partial charge in [-0.3, -0.25) is 0 Å². The number of Topliss-reactive ketones (excluding diaryl/α,β-unsaturated/α-hetero) is 1. The molecule has 0 saturated carbocycles. The monoisotopic (exact) mass is 166 g/mol. The van der Waals surface area contributed by atoms with Crippen molar-refractivity contribution in [1.29, 1.82) is 0 Å². The molecule has 1 nitrogen and oxygen atoms in total. The first-order valence-corrected chi connectivity index (χ1v) is 4.33. The number of carbonyl (C=O) groups excluding carboxylic acids is 1. The average molecular weight is 166 g/mol. The van der Waals surface area contributed by atoms with Crippen LogP contribution in [0, 0.1) is 0 Å². The predicted octanol–water partition coefficient (Wildman–Crippen LogP) is 3.27. The van der Waals surface area contributed by atoms with E-state index in [-0.39, 0.29) is 5.78 Å². The fourth-order valence-electron chi connectivity index (χ4n) is 1.02. The maximum Gasteiger partial charge on any atom is 0.130 e. The molecule has 0 aromatic rings. The summed E-state index contributed by atoms with van der Waals surface area (Å²) in [4.78, 5) is 10.6. The molecule has 0 atom stereocenters. The van der Waals surface area contributed by atoms with Crippen LogP contribution in [0.5, 0.6) is 0 Å². The van der Waals surface area contributed by atoms with Crippen LogP contribution in [0.4, 0.5) is 0 Å². The van der Waals surface area contributed by atoms with Crippen molar-refractivity contribution in [2.75, 3.05) is 0 Å². The Morgan fingerprint density at radius 3 is 2.17 bits per heavy atom. The van der Waals surface area contributed by atoms with Crippen LogP contribution in [0.2, 0.25) is 0 Å². The fourth-order valence-corrected chi connectivity index (χ4v) is 1.02. The van der Waals surface area contributed by atoms with Crippen LogP contribution in [0.1, 0.15) is 40.5 Å². The van der Waals surface area contributed by atoms with E-state index >= 15 is 0 Å². The zero-order valence-electron chi connectivity index (χ0n) is 8.48. The van der Waals surface area contributed by atoms with E-state index in [0.29, 0.717) is 6.42 Å². The summed E-state index contributed by atoms with van der Waals surface area (Å²) in [6.07, 6.45) is 5.76. The standard InChI is InChI=1S/C11H18O/c1-9(2)8-10(3)6-5-7-11(4)12/h6,8H,5,7H2,1-4H3/b10-6+. The minimum Gasteiger partial charge on any atom is -0.300 e. The van der Waals surface area contributed by atoms with Gasteiger partial charge in [0.1, 0.15) is 5.78 Å². The Balaban J connectivity index is 3.85. The van der Waals surface area contributed by atoms with Crippen molar-refractivity contribution in [3.63, 3.8) is 0 Å². The van der Waals surface area contributed by atoms with Crippen LogP contribution in [0.15, 0.2) is 23.3 Å². The minimum atomic E-state index is 0.260. The summed E-state index contributed by atoms with van der Waals surface area (Å²) in [7, 11) is 0. The lowest BCUT2D eigenvalue weighted by Crippen LogP contribution is -1.87. The Morgan fingerprint density at radius 1 is 1.17 bits per heavy atom. The molecule has 0 aliphatic carbocycles. The third-order valence-electron chi connectivity index (χ3n) is 1.48. The van der Waals surface area contributed by atoms with E-state index in [4.69, 9.17) is 0 Å². The van der Waals surface area contributed by atoms with Crippen molar-refractivity contribution >= 4 is 5.78 Å². The van der Waals surface area contributed by atoms with Crippen molar-refractivity contribution in [2.45, 2.75) is 40.5 Å². The molecule has 0 bridgehead atoms. The summed E-state index contributed by atoms with van der Waals surface area (Å²) < 4.78 is 0. The van der Waals surface area contributed by atoms with E-state index in [1.165, 1.54) is 11.1 Å². The number of hydrogen-bond donors (Lipinski definition) is 0. The summed E-state index contributed by atoms with van der Waals surface area (Å²) in [5.41, 5.74) is 2.54. The third kappa shape index (κ3) is 7.26. The summed E-state index contributed by atoms with van der Waals surface area (Å²) in [6.45, 7) is 7.84. The molecule has 1 heteroatoms. The zero-order chi connectivity index (χ0) is 9.56. The van der Waals surface area contributed by atoms with Gasteiger partial charge in [0.15, 0.2) is 0 Å². The normalized spacial score (nSPS) is 11.2. The number of rotatable bonds is 4. The van der Waals surface area contributed by atoms with E-state index in [1.807, 2.05) is 0 Å². The van der Waals surface area contributed by atoms with Crippen LogP contribution in [0.25, 0.3) is 0 Å². The lowest BCUT2D eigenvalue weighted by molar-refractivity contribution is -0.116. The number of carbonyl (C=O) groups is 1. The highest BCUT2D eigenvalue weighted by Gasteiger charge is 1.90. The Morgan fingerprint density at radius 2 is 1.75 bits per heavy atom. The van der Waals surface area contributed by atoms with Gasteiger partial charge in [0, 0.05) is 6.42 Å². The summed E-state index contributed by atoms with van der Waals surface area (Å²) >= 11 is 0. The maximum atomic E-state index is 10.6. The summed E-state index contributed by atoms with van der Waals surface area (Å²) in [5.74, 6) is 0.260. The third-order valence-corrected chi connectivity index (χ3v) is 1.48. The summed E-state index contributed by atoms with van der Waals surface area (Å²) in [6, 6.07) is 0. The molecule has 0 aliphatic rings. The molecule has 0 unspecified atom stereocenters.